The van der Waals surface area contributed by atoms with Gasteiger partial charge in [0.2, 0.25) is 5.60 Å². The van der Waals surface area contributed by atoms with E-state index in [0.717, 1.165) is 0 Å². The molecule has 1 N–H and O–H groups in total. The summed E-state index contributed by atoms with van der Waals surface area (Å²) < 4.78 is 31.8. The Bertz CT molecular complexity index is 1140. The van der Waals surface area contributed by atoms with Crippen molar-refractivity contribution in [2.45, 2.75) is 5.60 Å². The second-order valence-corrected chi connectivity index (χ2v) is 6.81. The number of nitro groups is 1. The van der Waals surface area contributed by atoms with Crippen molar-refractivity contribution in [3.63, 3.8) is 0 Å². The molecule has 1 atom stereocenters. The number of ether oxygens (including phenoxy) is 6. The van der Waals surface area contributed by atoms with Gasteiger partial charge in [-0.05, 0) is 18.2 Å². The third kappa shape index (κ3) is 4.21. The topological polar surface area (TPSA) is 143 Å². The van der Waals surface area contributed by atoms with E-state index in [9.17, 15) is 20.5 Å². The fraction of sp³-hybridized carbons (Fsp3) is 0.318. The number of benzene rings is 2. The molecule has 0 spiro atoms. The first-order valence-electron chi connectivity index (χ1n) is 9.55. The zero-order chi connectivity index (χ0) is 24.2. The quantitative estimate of drug-likeness (QED) is 0.258. The average Bonchev–Trinajstić information content (AvgIpc) is 2.84. The molecule has 11 heteroatoms. The minimum absolute atomic E-state index is 0.0418. The molecule has 1 aliphatic rings. The zero-order valence-corrected chi connectivity index (χ0v) is 18.4. The van der Waals surface area contributed by atoms with Crippen molar-refractivity contribution >= 4 is 5.57 Å². The van der Waals surface area contributed by atoms with Crippen LogP contribution in [0.3, 0.4) is 0 Å². The molecule has 2 aromatic carbocycles. The van der Waals surface area contributed by atoms with Gasteiger partial charge >= 0.3 is 0 Å². The maximum absolute atomic E-state index is 11.9. The Morgan fingerprint density at radius 1 is 1.12 bits per heavy atom. The van der Waals surface area contributed by atoms with E-state index in [0.29, 0.717) is 11.5 Å². The summed E-state index contributed by atoms with van der Waals surface area (Å²) in [6.45, 7) is -0.688. The summed E-state index contributed by atoms with van der Waals surface area (Å²) in [4.78, 5) is 11.2. The largest absolute Gasteiger partial charge is 0.497 e. The molecule has 33 heavy (non-hydrogen) atoms. The highest BCUT2D eigenvalue weighted by Crippen LogP contribution is 2.49. The maximum atomic E-state index is 11.9. The van der Waals surface area contributed by atoms with Gasteiger partial charge in [0.05, 0.1) is 31.8 Å². The Kier molecular flexibility index (Phi) is 6.91. The predicted octanol–water partition coefficient (Wildman–Crippen LogP) is 2.49. The van der Waals surface area contributed by atoms with Gasteiger partial charge in [-0.3, -0.25) is 10.1 Å². The highest BCUT2D eigenvalue weighted by molar-refractivity contribution is 5.84. The smallest absolute Gasteiger partial charge is 0.291 e. The van der Waals surface area contributed by atoms with Gasteiger partial charge < -0.3 is 33.5 Å². The van der Waals surface area contributed by atoms with Crippen molar-refractivity contribution < 1.29 is 38.5 Å². The normalized spacial score (nSPS) is 14.3. The monoisotopic (exact) mass is 458 g/mol. The highest BCUT2D eigenvalue weighted by atomic mass is 16.7. The highest BCUT2D eigenvalue weighted by Gasteiger charge is 2.47. The second-order valence-electron chi connectivity index (χ2n) is 6.81. The summed E-state index contributed by atoms with van der Waals surface area (Å²) >= 11 is 0. The van der Waals surface area contributed by atoms with E-state index in [1.54, 1.807) is 0 Å². The van der Waals surface area contributed by atoms with Crippen LogP contribution >= 0.6 is 0 Å². The number of methoxy groups -OCH3 is 4. The SMILES string of the molecule is COCOc1cc(OC)ccc1C(O)(C#N)C1=C([N+](=O)[O-])COc2cc(OC)c(OC)cc21. The molecule has 0 saturated carbocycles. The first-order valence-corrected chi connectivity index (χ1v) is 9.55. The van der Waals surface area contributed by atoms with E-state index >= 15 is 0 Å². The Balaban J connectivity index is 2.34. The van der Waals surface area contributed by atoms with Crippen molar-refractivity contribution in [3.05, 3.63) is 57.3 Å². The van der Waals surface area contributed by atoms with E-state index in [-0.39, 0.29) is 40.7 Å². The lowest BCUT2D eigenvalue weighted by atomic mass is 9.80. The number of aliphatic hydroxyl groups is 1. The summed E-state index contributed by atoms with van der Waals surface area (Å²) in [5.74, 6) is 1.15. The van der Waals surface area contributed by atoms with Gasteiger partial charge in [-0.15, -0.1) is 0 Å². The van der Waals surface area contributed by atoms with Crippen molar-refractivity contribution in [1.82, 2.24) is 0 Å². The number of nitriles is 1. The number of hydrogen-bond donors (Lipinski definition) is 1. The molecule has 3 rings (SSSR count). The molecule has 0 amide bonds. The third-order valence-corrected chi connectivity index (χ3v) is 5.06. The van der Waals surface area contributed by atoms with Crippen LogP contribution in [-0.4, -0.2) is 51.9 Å². The molecule has 0 aromatic heterocycles. The number of rotatable bonds is 9. The van der Waals surface area contributed by atoms with E-state index in [4.69, 9.17) is 28.4 Å². The molecular formula is C22H22N2O9. The Labute approximate surface area is 189 Å². The molecule has 1 aliphatic heterocycles. The third-order valence-electron chi connectivity index (χ3n) is 5.06. The van der Waals surface area contributed by atoms with Gasteiger partial charge in [0.15, 0.2) is 24.9 Å². The van der Waals surface area contributed by atoms with Crippen LogP contribution < -0.4 is 23.7 Å². The minimum atomic E-state index is -2.50. The van der Waals surface area contributed by atoms with Gasteiger partial charge in [0.1, 0.15) is 23.3 Å². The van der Waals surface area contributed by atoms with Crippen LogP contribution in [0.25, 0.3) is 5.57 Å². The molecule has 174 valence electrons. The first kappa shape index (κ1) is 23.6. The first-order chi connectivity index (χ1) is 15.8. The van der Waals surface area contributed by atoms with Gasteiger partial charge in [0.25, 0.3) is 5.70 Å². The van der Waals surface area contributed by atoms with E-state index in [1.165, 1.54) is 58.8 Å². The van der Waals surface area contributed by atoms with Crippen LogP contribution in [0.5, 0.6) is 28.7 Å². The van der Waals surface area contributed by atoms with E-state index < -0.39 is 22.8 Å². The summed E-state index contributed by atoms with van der Waals surface area (Å²) in [6.07, 6.45) is 0. The molecule has 1 unspecified atom stereocenters. The fourth-order valence-electron chi connectivity index (χ4n) is 3.52. The van der Waals surface area contributed by atoms with Crippen molar-refractivity contribution in [1.29, 1.82) is 5.26 Å². The van der Waals surface area contributed by atoms with Gasteiger partial charge in [-0.1, -0.05) is 0 Å². The van der Waals surface area contributed by atoms with Crippen LogP contribution in [0.1, 0.15) is 11.1 Å². The molecule has 0 bridgehead atoms. The standard InChI is InChI=1S/C22H22N2O9/c1-28-12-33-18-7-13(29-2)5-6-15(18)22(25,11-23)21-14-8-19(30-3)20(31-4)9-17(14)32-10-16(21)24(26)27/h5-9,25H,10,12H2,1-4H3. The zero-order valence-electron chi connectivity index (χ0n) is 18.4. The Hall–Kier alpha value is -4.01. The Morgan fingerprint density at radius 2 is 1.82 bits per heavy atom. The molecule has 0 radical (unpaired) electrons. The van der Waals surface area contributed by atoms with Crippen LogP contribution in [0.4, 0.5) is 0 Å². The minimum Gasteiger partial charge on any atom is -0.497 e. The predicted molar refractivity (Wildman–Crippen MR) is 114 cm³/mol. The number of fused-ring (bicyclic) bond motifs is 1. The van der Waals surface area contributed by atoms with Crippen molar-refractivity contribution in [2.24, 2.45) is 0 Å². The van der Waals surface area contributed by atoms with Gasteiger partial charge in [-0.2, -0.15) is 5.26 Å². The fourth-order valence-corrected chi connectivity index (χ4v) is 3.52. The molecule has 11 nitrogen and oxygen atoms in total. The van der Waals surface area contributed by atoms with Crippen molar-refractivity contribution in [2.75, 3.05) is 41.8 Å². The Morgan fingerprint density at radius 3 is 2.39 bits per heavy atom. The van der Waals surface area contributed by atoms with Crippen molar-refractivity contribution in [3.8, 4) is 34.8 Å². The summed E-state index contributed by atoms with van der Waals surface area (Å²) in [6, 6.07) is 9.03. The lowest BCUT2D eigenvalue weighted by molar-refractivity contribution is -0.429. The van der Waals surface area contributed by atoms with Crippen LogP contribution in [0.2, 0.25) is 0 Å². The van der Waals surface area contributed by atoms with E-state index in [1.807, 2.05) is 6.07 Å². The molecule has 0 fully saturated rings. The lowest BCUT2D eigenvalue weighted by Gasteiger charge is -2.30. The molecule has 0 aliphatic carbocycles. The number of nitrogens with zero attached hydrogens (tertiary/aromatic N) is 2. The van der Waals surface area contributed by atoms with E-state index in [2.05, 4.69) is 0 Å². The number of hydrogen-bond acceptors (Lipinski definition) is 10. The molecule has 0 saturated heterocycles. The van der Waals surface area contributed by atoms with Crippen LogP contribution in [-0.2, 0) is 10.3 Å². The molecule has 2 aromatic rings. The average molecular weight is 458 g/mol. The summed E-state index contributed by atoms with van der Waals surface area (Å²) in [5.41, 5.74) is -3.21. The van der Waals surface area contributed by atoms with Gasteiger partial charge in [-0.25, -0.2) is 0 Å². The molecule has 1 heterocycles. The summed E-state index contributed by atoms with van der Waals surface area (Å²) in [5, 5.41) is 33.8. The summed E-state index contributed by atoms with van der Waals surface area (Å²) in [7, 11) is 5.66. The second kappa shape index (κ2) is 9.64. The maximum Gasteiger partial charge on any atom is 0.291 e. The van der Waals surface area contributed by atoms with Gasteiger partial charge in [0, 0.05) is 30.4 Å². The lowest BCUT2D eigenvalue weighted by Crippen LogP contribution is -2.32. The van der Waals surface area contributed by atoms with Crippen LogP contribution in [0, 0.1) is 21.4 Å². The van der Waals surface area contributed by atoms with Crippen LogP contribution in [0.15, 0.2) is 36.0 Å². The molecular weight excluding hydrogens is 436 g/mol.